The van der Waals surface area contributed by atoms with Crippen LogP contribution in [0.1, 0.15) is 53.1 Å². The zero-order valence-corrected chi connectivity index (χ0v) is 29.2. The standard InChI is InChI=1S/C38H36N6O8S/c45-21-25-8-10-27(11-9-25)33-18-31(23-53-37-40-41-42-44(37)29-14-16-30(46)17-15-29)51-36(52-33)28-12-6-24(7-13-28)20-43-34(47)19-32(35(43)48)39-38(49)50-22-26-4-2-1-3-5-26/h1-17,31-33,36,45-46H,18-23H2,(H,39,49)/t31-,32?,33+,36+/m0/s1. The van der Waals surface area contributed by atoms with Gasteiger partial charge in [0.25, 0.3) is 5.91 Å². The van der Waals surface area contributed by atoms with Crippen LogP contribution in [0.2, 0.25) is 0 Å². The summed E-state index contributed by atoms with van der Waals surface area (Å²) >= 11 is 1.43. The molecule has 1 unspecified atom stereocenters. The summed E-state index contributed by atoms with van der Waals surface area (Å²) in [6.07, 6.45) is -1.69. The van der Waals surface area contributed by atoms with Crippen molar-refractivity contribution in [3.05, 3.63) is 131 Å². The first kappa shape index (κ1) is 35.8. The number of nitrogens with zero attached hydrogens (tertiary/aromatic N) is 5. The van der Waals surface area contributed by atoms with Gasteiger partial charge in [0.1, 0.15) is 18.4 Å². The van der Waals surface area contributed by atoms with Gasteiger partial charge in [-0.2, -0.15) is 4.68 Å². The van der Waals surface area contributed by atoms with Crippen molar-refractivity contribution in [1.29, 1.82) is 0 Å². The Morgan fingerprint density at radius 2 is 1.60 bits per heavy atom. The molecule has 0 aliphatic carbocycles. The van der Waals surface area contributed by atoms with Crippen LogP contribution in [0.3, 0.4) is 0 Å². The van der Waals surface area contributed by atoms with Gasteiger partial charge in [0.05, 0.1) is 37.5 Å². The maximum absolute atomic E-state index is 13.1. The fourth-order valence-electron chi connectivity index (χ4n) is 6.05. The van der Waals surface area contributed by atoms with Crippen molar-refractivity contribution >= 4 is 29.7 Å². The van der Waals surface area contributed by atoms with E-state index >= 15 is 0 Å². The van der Waals surface area contributed by atoms with E-state index in [2.05, 4.69) is 20.8 Å². The molecule has 0 radical (unpaired) electrons. The summed E-state index contributed by atoms with van der Waals surface area (Å²) < 4.78 is 19.8. The van der Waals surface area contributed by atoms with Gasteiger partial charge in [-0.15, -0.1) is 5.10 Å². The molecule has 5 aromatic rings. The van der Waals surface area contributed by atoms with Crippen LogP contribution in [0, 0.1) is 0 Å². The van der Waals surface area contributed by atoms with Crippen LogP contribution in [0.25, 0.3) is 5.69 Å². The molecule has 7 rings (SSSR count). The molecule has 0 saturated carbocycles. The van der Waals surface area contributed by atoms with E-state index in [1.807, 2.05) is 78.9 Å². The molecular formula is C38H36N6O8S. The molecule has 2 saturated heterocycles. The van der Waals surface area contributed by atoms with Gasteiger partial charge in [-0.1, -0.05) is 90.6 Å². The number of phenols is 1. The van der Waals surface area contributed by atoms with E-state index in [0.29, 0.717) is 28.6 Å². The number of hydrogen-bond donors (Lipinski definition) is 3. The van der Waals surface area contributed by atoms with Crippen LogP contribution < -0.4 is 5.32 Å². The molecule has 0 spiro atoms. The van der Waals surface area contributed by atoms with Gasteiger partial charge in [0.15, 0.2) is 6.29 Å². The van der Waals surface area contributed by atoms with E-state index in [1.54, 1.807) is 28.9 Å². The highest BCUT2D eigenvalue weighted by Crippen LogP contribution is 2.39. The molecule has 1 aromatic heterocycles. The Kier molecular flexibility index (Phi) is 11.1. The number of hydrogen-bond acceptors (Lipinski definition) is 12. The average molecular weight is 737 g/mol. The number of thioether (sulfide) groups is 1. The maximum Gasteiger partial charge on any atom is 0.408 e. The van der Waals surface area contributed by atoms with E-state index in [0.717, 1.165) is 27.2 Å². The molecule has 2 aliphatic heterocycles. The van der Waals surface area contributed by atoms with E-state index in [1.165, 1.54) is 11.8 Å². The van der Waals surface area contributed by atoms with Crippen molar-refractivity contribution in [3.63, 3.8) is 0 Å². The second kappa shape index (κ2) is 16.4. The number of nitrogens with one attached hydrogen (secondary N) is 1. The molecule has 3 amide bonds. The minimum absolute atomic E-state index is 0.0381. The van der Waals surface area contributed by atoms with Crippen LogP contribution in [0.15, 0.2) is 108 Å². The van der Waals surface area contributed by atoms with Crippen molar-refractivity contribution in [2.45, 2.75) is 62.3 Å². The highest BCUT2D eigenvalue weighted by molar-refractivity contribution is 7.99. The van der Waals surface area contributed by atoms with Gasteiger partial charge in [0, 0.05) is 17.7 Å². The summed E-state index contributed by atoms with van der Waals surface area (Å²) in [5, 5.41) is 34.4. The number of alkyl carbamates (subject to hydrolysis) is 1. The third kappa shape index (κ3) is 8.72. The van der Waals surface area contributed by atoms with Crippen molar-refractivity contribution in [3.8, 4) is 11.4 Å². The van der Waals surface area contributed by atoms with E-state index < -0.39 is 30.2 Å². The van der Waals surface area contributed by atoms with Crippen LogP contribution in [0.5, 0.6) is 5.75 Å². The summed E-state index contributed by atoms with van der Waals surface area (Å²) in [6, 6.07) is 29.6. The number of aromatic hydroxyl groups is 1. The van der Waals surface area contributed by atoms with Crippen LogP contribution in [0.4, 0.5) is 4.79 Å². The molecule has 14 nitrogen and oxygen atoms in total. The van der Waals surface area contributed by atoms with Gasteiger partial charge in [-0.3, -0.25) is 14.5 Å². The molecule has 53 heavy (non-hydrogen) atoms. The number of aliphatic hydroxyl groups is 1. The molecule has 2 fully saturated rings. The quantitative estimate of drug-likeness (QED) is 0.118. The number of aliphatic hydroxyl groups excluding tert-OH is 1. The largest absolute Gasteiger partial charge is 0.508 e. The van der Waals surface area contributed by atoms with Gasteiger partial charge in [0.2, 0.25) is 11.1 Å². The number of amides is 3. The Morgan fingerprint density at radius 3 is 2.34 bits per heavy atom. The summed E-state index contributed by atoms with van der Waals surface area (Å²) in [5.74, 6) is -0.239. The molecule has 15 heteroatoms. The third-order valence-electron chi connectivity index (χ3n) is 8.89. The van der Waals surface area contributed by atoms with Crippen LogP contribution >= 0.6 is 11.8 Å². The number of likely N-dealkylation sites (tertiary alicyclic amines) is 1. The number of imide groups is 1. The fourth-order valence-corrected chi connectivity index (χ4v) is 6.95. The number of ether oxygens (including phenoxy) is 3. The highest BCUT2D eigenvalue weighted by atomic mass is 32.2. The number of carbonyl (C=O) groups is 3. The van der Waals surface area contributed by atoms with Crippen molar-refractivity contribution in [2.24, 2.45) is 0 Å². The second-order valence-electron chi connectivity index (χ2n) is 12.6. The lowest BCUT2D eigenvalue weighted by Gasteiger charge is -2.36. The molecule has 272 valence electrons. The lowest BCUT2D eigenvalue weighted by Crippen LogP contribution is -2.41. The zero-order chi connectivity index (χ0) is 36.7. The molecule has 0 bridgehead atoms. The topological polar surface area (TPSA) is 178 Å². The predicted octanol–water partition coefficient (Wildman–Crippen LogP) is 4.75. The van der Waals surface area contributed by atoms with Gasteiger partial charge >= 0.3 is 6.09 Å². The van der Waals surface area contributed by atoms with Gasteiger partial charge in [-0.25, -0.2) is 4.79 Å². The molecule has 2 aliphatic rings. The van der Waals surface area contributed by atoms with E-state index in [-0.39, 0.29) is 44.1 Å². The maximum atomic E-state index is 13.1. The Bertz CT molecular complexity index is 2030. The lowest BCUT2D eigenvalue weighted by atomic mass is 10.0. The van der Waals surface area contributed by atoms with Crippen molar-refractivity contribution in [1.82, 2.24) is 30.4 Å². The SMILES string of the molecule is O=C(NC1CC(=O)N(Cc2ccc([C@@H]3O[C@H](CSc4nnnn4-c4ccc(O)cc4)C[C@H](c4ccc(CO)cc4)O3)cc2)C1=O)OCc1ccccc1. The van der Waals surface area contributed by atoms with Crippen LogP contribution in [-0.2, 0) is 43.6 Å². The monoisotopic (exact) mass is 736 g/mol. The molecule has 4 atom stereocenters. The first-order valence-corrected chi connectivity index (χ1v) is 17.9. The number of phenolic OH excluding ortho intramolecular Hbond substituents is 1. The minimum atomic E-state index is -1.00. The molecule has 3 N–H and O–H groups in total. The average Bonchev–Trinajstić information content (AvgIpc) is 3.77. The Hall–Kier alpha value is -5.61. The smallest absolute Gasteiger partial charge is 0.408 e. The number of aromatic nitrogens is 4. The van der Waals surface area contributed by atoms with Crippen molar-refractivity contribution in [2.75, 3.05) is 5.75 Å². The summed E-state index contributed by atoms with van der Waals surface area (Å²) in [7, 11) is 0. The summed E-state index contributed by atoms with van der Waals surface area (Å²) in [5.41, 5.74) is 4.69. The minimum Gasteiger partial charge on any atom is -0.508 e. The summed E-state index contributed by atoms with van der Waals surface area (Å²) in [6.45, 7) is 0.0199. The first-order chi connectivity index (χ1) is 25.8. The first-order valence-electron chi connectivity index (χ1n) is 16.9. The third-order valence-corrected chi connectivity index (χ3v) is 9.94. The van der Waals surface area contributed by atoms with Crippen LogP contribution in [-0.4, -0.2) is 71.1 Å². The number of carbonyl (C=O) groups excluding carboxylic acids is 3. The Morgan fingerprint density at radius 1 is 0.887 bits per heavy atom. The predicted molar refractivity (Wildman–Crippen MR) is 190 cm³/mol. The Labute approximate surface area is 308 Å². The number of benzene rings is 4. The Balaban J connectivity index is 1.00. The van der Waals surface area contributed by atoms with E-state index in [9.17, 15) is 24.6 Å². The molecule has 3 heterocycles. The number of tetrazole rings is 1. The highest BCUT2D eigenvalue weighted by Gasteiger charge is 2.40. The normalized spacial score (nSPS) is 20.1. The number of rotatable bonds is 12. The van der Waals surface area contributed by atoms with Crippen molar-refractivity contribution < 1.29 is 38.8 Å². The lowest BCUT2D eigenvalue weighted by molar-refractivity contribution is -0.245. The zero-order valence-electron chi connectivity index (χ0n) is 28.4. The molecule has 4 aromatic carbocycles. The summed E-state index contributed by atoms with van der Waals surface area (Å²) in [4.78, 5) is 39.4. The second-order valence-corrected chi connectivity index (χ2v) is 13.6. The van der Waals surface area contributed by atoms with E-state index in [4.69, 9.17) is 14.2 Å². The van der Waals surface area contributed by atoms with Gasteiger partial charge in [-0.05, 0) is 56.9 Å². The molecular weight excluding hydrogens is 701 g/mol. The van der Waals surface area contributed by atoms with Gasteiger partial charge < -0.3 is 29.7 Å². The fraction of sp³-hybridized carbons (Fsp3) is 0.263.